The highest BCUT2D eigenvalue weighted by Gasteiger charge is 2.35. The molecule has 0 aliphatic heterocycles. The maximum atomic E-state index is 12.6. The summed E-state index contributed by atoms with van der Waals surface area (Å²) >= 11 is 0. The van der Waals surface area contributed by atoms with Crippen molar-refractivity contribution in [2.45, 2.75) is 12.8 Å². The van der Waals surface area contributed by atoms with Gasteiger partial charge in [-0.3, -0.25) is 9.59 Å². The summed E-state index contributed by atoms with van der Waals surface area (Å²) < 4.78 is 5.66. The number of rotatable bonds is 3. The van der Waals surface area contributed by atoms with Gasteiger partial charge in [-0.25, -0.2) is 0 Å². The maximum absolute atomic E-state index is 12.6. The van der Waals surface area contributed by atoms with Gasteiger partial charge in [0.2, 0.25) is 11.6 Å². The monoisotopic (exact) mass is 318 g/mol. The number of carbonyl (C=O) groups is 2. The van der Waals surface area contributed by atoms with Gasteiger partial charge in [0.25, 0.3) is 0 Å². The molecule has 0 fully saturated rings. The summed E-state index contributed by atoms with van der Waals surface area (Å²) in [5.41, 5.74) is 1.64. The van der Waals surface area contributed by atoms with Crippen LogP contribution in [0.4, 0.5) is 0 Å². The number of phenols is 1. The van der Waals surface area contributed by atoms with E-state index in [1.165, 1.54) is 12.1 Å². The number of phenolic OH excluding ortho intramolecular Hbond substituents is 1. The van der Waals surface area contributed by atoms with Crippen molar-refractivity contribution in [2.24, 2.45) is 0 Å². The maximum Gasteiger partial charge on any atom is 0.229 e. The van der Waals surface area contributed by atoms with Crippen LogP contribution in [-0.2, 0) is 12.8 Å². The number of benzene rings is 2. The average Bonchev–Trinajstić information content (AvgIpc) is 3.03. The molecule has 0 spiro atoms. The highest BCUT2D eigenvalue weighted by atomic mass is 16.3. The molecule has 0 amide bonds. The number of fused-ring (bicyclic) bond motifs is 2. The van der Waals surface area contributed by atoms with Crippen LogP contribution < -0.4 is 0 Å². The van der Waals surface area contributed by atoms with E-state index < -0.39 is 0 Å². The molecule has 0 atom stereocenters. The van der Waals surface area contributed by atoms with Crippen LogP contribution in [0.1, 0.15) is 43.4 Å². The first kappa shape index (κ1) is 14.5. The molecule has 0 radical (unpaired) electrons. The fourth-order valence-electron chi connectivity index (χ4n) is 3.04. The molecule has 0 saturated heterocycles. The molecule has 1 aromatic heterocycles. The van der Waals surface area contributed by atoms with Crippen molar-refractivity contribution in [1.82, 2.24) is 0 Å². The van der Waals surface area contributed by atoms with Gasteiger partial charge in [0, 0.05) is 12.0 Å². The van der Waals surface area contributed by atoms with Gasteiger partial charge in [-0.2, -0.15) is 0 Å². The van der Waals surface area contributed by atoms with E-state index in [2.05, 4.69) is 0 Å². The molecule has 0 bridgehead atoms. The van der Waals surface area contributed by atoms with E-state index in [0.717, 1.165) is 12.0 Å². The predicted molar refractivity (Wildman–Crippen MR) is 87.5 cm³/mol. The lowest BCUT2D eigenvalue weighted by atomic mass is 9.88. The summed E-state index contributed by atoms with van der Waals surface area (Å²) in [7, 11) is 0. The van der Waals surface area contributed by atoms with Crippen molar-refractivity contribution < 1.29 is 19.1 Å². The molecule has 118 valence electrons. The van der Waals surface area contributed by atoms with Crippen molar-refractivity contribution in [3.63, 3.8) is 0 Å². The molecule has 1 aliphatic carbocycles. The topological polar surface area (TPSA) is 67.5 Å². The van der Waals surface area contributed by atoms with Crippen LogP contribution in [0.3, 0.4) is 0 Å². The third-order valence-corrected chi connectivity index (χ3v) is 4.25. The van der Waals surface area contributed by atoms with Gasteiger partial charge in [0.05, 0.1) is 11.1 Å². The Bertz CT molecular complexity index is 951. The SMILES string of the molecule is O=C1c2cccc(O)c2C(=O)c2cc(CCc3ccccc3)oc21. The van der Waals surface area contributed by atoms with Crippen LogP contribution in [0.15, 0.2) is 59.0 Å². The lowest BCUT2D eigenvalue weighted by Crippen LogP contribution is -2.19. The second kappa shape index (κ2) is 5.49. The van der Waals surface area contributed by atoms with E-state index in [1.807, 2.05) is 30.3 Å². The predicted octanol–water partition coefficient (Wildman–Crippen LogP) is 3.55. The largest absolute Gasteiger partial charge is 0.507 e. The van der Waals surface area contributed by atoms with E-state index >= 15 is 0 Å². The fraction of sp³-hybridized carbons (Fsp3) is 0.100. The normalized spacial score (nSPS) is 12.8. The Morgan fingerprint density at radius 2 is 1.62 bits per heavy atom. The Labute approximate surface area is 138 Å². The third-order valence-electron chi connectivity index (χ3n) is 4.25. The number of aryl methyl sites for hydroxylation is 2. The van der Waals surface area contributed by atoms with Gasteiger partial charge in [-0.15, -0.1) is 0 Å². The van der Waals surface area contributed by atoms with Crippen molar-refractivity contribution in [1.29, 1.82) is 0 Å². The zero-order chi connectivity index (χ0) is 16.7. The minimum atomic E-state index is -0.368. The lowest BCUT2D eigenvalue weighted by molar-refractivity contribution is 0.0957. The number of carbonyl (C=O) groups excluding carboxylic acids is 2. The Balaban J connectivity index is 1.67. The minimum Gasteiger partial charge on any atom is -0.507 e. The van der Waals surface area contributed by atoms with Crippen molar-refractivity contribution >= 4 is 11.6 Å². The van der Waals surface area contributed by atoms with Gasteiger partial charge in [-0.05, 0) is 30.2 Å². The fourth-order valence-corrected chi connectivity index (χ4v) is 3.04. The van der Waals surface area contributed by atoms with Crippen molar-refractivity contribution in [2.75, 3.05) is 0 Å². The second-order valence-corrected chi connectivity index (χ2v) is 5.80. The molecule has 4 nitrogen and oxygen atoms in total. The van der Waals surface area contributed by atoms with Gasteiger partial charge in [0.1, 0.15) is 11.5 Å². The average molecular weight is 318 g/mol. The Morgan fingerprint density at radius 1 is 0.833 bits per heavy atom. The van der Waals surface area contributed by atoms with Crippen LogP contribution in [0, 0.1) is 0 Å². The van der Waals surface area contributed by atoms with Crippen LogP contribution in [-0.4, -0.2) is 16.7 Å². The summed E-state index contributed by atoms with van der Waals surface area (Å²) in [5, 5.41) is 9.93. The molecule has 3 aromatic rings. The van der Waals surface area contributed by atoms with E-state index in [0.29, 0.717) is 12.2 Å². The molecule has 0 unspecified atom stereocenters. The summed E-state index contributed by atoms with van der Waals surface area (Å²) in [5.74, 6) is -0.239. The zero-order valence-electron chi connectivity index (χ0n) is 12.8. The summed E-state index contributed by atoms with van der Waals surface area (Å²) in [6.07, 6.45) is 1.35. The third kappa shape index (κ3) is 2.24. The molecular weight excluding hydrogens is 304 g/mol. The number of ketones is 2. The molecule has 1 N–H and O–H groups in total. The summed E-state index contributed by atoms with van der Waals surface area (Å²) in [6.45, 7) is 0. The van der Waals surface area contributed by atoms with Crippen molar-refractivity contribution in [3.05, 3.63) is 88.4 Å². The van der Waals surface area contributed by atoms with Crippen LogP contribution in [0.25, 0.3) is 0 Å². The second-order valence-electron chi connectivity index (χ2n) is 5.80. The Kier molecular flexibility index (Phi) is 3.31. The molecule has 24 heavy (non-hydrogen) atoms. The summed E-state index contributed by atoms with van der Waals surface area (Å²) in [4.78, 5) is 25.1. The van der Waals surface area contributed by atoms with Crippen LogP contribution >= 0.6 is 0 Å². The van der Waals surface area contributed by atoms with E-state index in [-0.39, 0.29) is 39.8 Å². The zero-order valence-corrected chi connectivity index (χ0v) is 12.8. The quantitative estimate of drug-likeness (QED) is 0.627. The molecule has 2 aromatic carbocycles. The highest BCUT2D eigenvalue weighted by molar-refractivity contribution is 6.28. The highest BCUT2D eigenvalue weighted by Crippen LogP contribution is 2.34. The van der Waals surface area contributed by atoms with Gasteiger partial charge in [0.15, 0.2) is 5.76 Å². The molecule has 4 heteroatoms. The first-order valence-corrected chi connectivity index (χ1v) is 7.73. The van der Waals surface area contributed by atoms with E-state index in [9.17, 15) is 14.7 Å². The standard InChI is InChI=1S/C20H14O4/c21-16-8-4-7-14-17(16)18(22)15-11-13(24-20(15)19(14)23)10-9-12-5-2-1-3-6-12/h1-8,11,21H,9-10H2. The number of furan rings is 1. The van der Waals surface area contributed by atoms with Gasteiger partial charge in [-0.1, -0.05) is 36.4 Å². The Hall–Kier alpha value is -3.14. The van der Waals surface area contributed by atoms with E-state index in [1.54, 1.807) is 12.1 Å². The van der Waals surface area contributed by atoms with Crippen LogP contribution in [0.5, 0.6) is 5.75 Å². The molecular formula is C20H14O4. The molecule has 1 heterocycles. The van der Waals surface area contributed by atoms with Gasteiger partial charge < -0.3 is 9.52 Å². The first-order chi connectivity index (χ1) is 11.6. The van der Waals surface area contributed by atoms with Crippen molar-refractivity contribution in [3.8, 4) is 5.75 Å². The summed E-state index contributed by atoms with van der Waals surface area (Å²) in [6, 6.07) is 16.0. The molecule has 4 rings (SSSR count). The van der Waals surface area contributed by atoms with Crippen LogP contribution in [0.2, 0.25) is 0 Å². The minimum absolute atomic E-state index is 0.0606. The van der Waals surface area contributed by atoms with E-state index in [4.69, 9.17) is 4.42 Å². The number of hydrogen-bond acceptors (Lipinski definition) is 4. The molecule has 1 aliphatic rings. The first-order valence-electron chi connectivity index (χ1n) is 7.73. The van der Waals surface area contributed by atoms with Gasteiger partial charge >= 0.3 is 0 Å². The number of hydrogen-bond donors (Lipinski definition) is 1. The lowest BCUT2D eigenvalue weighted by Gasteiger charge is -2.13. The Morgan fingerprint density at radius 3 is 2.42 bits per heavy atom. The smallest absolute Gasteiger partial charge is 0.229 e. The number of aromatic hydroxyl groups is 1. The molecule has 0 saturated carbocycles.